The number of hydrogen-bond acceptors (Lipinski definition) is 6. The van der Waals surface area contributed by atoms with Crippen molar-refractivity contribution in [3.63, 3.8) is 0 Å². The van der Waals surface area contributed by atoms with E-state index >= 15 is 0 Å². The fourth-order valence-corrected chi connectivity index (χ4v) is 6.33. The lowest BCUT2D eigenvalue weighted by Gasteiger charge is -2.27. The molecule has 224 valence electrons. The SMILES string of the molecule is COc1ccc2c(c1)c(C(CCc1ccc(N3C(O)c4ccccc4C3O)cc1)C(=O)O)c(C)n2C(=O)c1ccc(Cl)cc1. The molecule has 2 heterocycles. The smallest absolute Gasteiger partial charge is 0.311 e. The van der Waals surface area contributed by atoms with Crippen molar-refractivity contribution in [1.82, 2.24) is 4.57 Å². The third kappa shape index (κ3) is 5.11. The van der Waals surface area contributed by atoms with Crippen LogP contribution in [0.5, 0.6) is 5.75 Å². The van der Waals surface area contributed by atoms with Crippen molar-refractivity contribution in [2.24, 2.45) is 0 Å². The van der Waals surface area contributed by atoms with Crippen molar-refractivity contribution in [3.05, 3.63) is 130 Å². The van der Waals surface area contributed by atoms with Crippen LogP contribution < -0.4 is 9.64 Å². The van der Waals surface area contributed by atoms with Gasteiger partial charge in [0.05, 0.1) is 18.5 Å². The number of aryl methyl sites for hydroxylation is 1. The number of fused-ring (bicyclic) bond motifs is 2. The first-order chi connectivity index (χ1) is 21.2. The van der Waals surface area contributed by atoms with E-state index in [1.807, 2.05) is 36.4 Å². The summed E-state index contributed by atoms with van der Waals surface area (Å²) in [5.74, 6) is -1.62. The third-order valence-electron chi connectivity index (χ3n) is 8.44. The Morgan fingerprint density at radius 1 is 0.909 bits per heavy atom. The molecule has 44 heavy (non-hydrogen) atoms. The number of anilines is 1. The van der Waals surface area contributed by atoms with Crippen molar-refractivity contribution >= 4 is 40.1 Å². The summed E-state index contributed by atoms with van der Waals surface area (Å²) in [5.41, 5.74) is 5.00. The van der Waals surface area contributed by atoms with Crippen LogP contribution in [-0.4, -0.2) is 38.9 Å². The number of carboxylic acids is 1. The maximum absolute atomic E-state index is 13.7. The van der Waals surface area contributed by atoms with Crippen LogP contribution in [0.3, 0.4) is 0 Å². The number of aromatic nitrogens is 1. The van der Waals surface area contributed by atoms with Crippen molar-refractivity contribution in [1.29, 1.82) is 0 Å². The molecule has 4 aromatic carbocycles. The maximum atomic E-state index is 13.7. The summed E-state index contributed by atoms with van der Waals surface area (Å²) in [7, 11) is 1.54. The summed E-state index contributed by atoms with van der Waals surface area (Å²) in [4.78, 5) is 28.0. The van der Waals surface area contributed by atoms with Gasteiger partial charge in [-0.3, -0.25) is 14.2 Å². The standard InChI is InChI=1S/C35H31ClN2O6/c1-20-31(29-19-25(44-2)16-18-30(29)37(20)32(39)22-10-12-23(36)13-11-22)28(35(42)43)17-9-21-7-14-24(15-8-21)38-33(40)26-5-3-4-6-27(26)34(38)41/h3-8,10-16,18-19,28,33-34,40-41H,9,17H2,1-2H3,(H,42,43). The number of aliphatic carboxylic acids is 1. The van der Waals surface area contributed by atoms with Gasteiger partial charge < -0.3 is 25.0 Å². The molecule has 9 heteroatoms. The van der Waals surface area contributed by atoms with Gasteiger partial charge in [-0.25, -0.2) is 0 Å². The predicted octanol–water partition coefficient (Wildman–Crippen LogP) is 6.60. The van der Waals surface area contributed by atoms with Gasteiger partial charge in [0.1, 0.15) is 5.75 Å². The van der Waals surface area contributed by atoms with Gasteiger partial charge in [-0.2, -0.15) is 0 Å². The Balaban J connectivity index is 1.30. The van der Waals surface area contributed by atoms with Gasteiger partial charge in [0.25, 0.3) is 5.91 Å². The van der Waals surface area contributed by atoms with E-state index < -0.39 is 24.3 Å². The molecule has 3 unspecified atom stereocenters. The van der Waals surface area contributed by atoms with Gasteiger partial charge >= 0.3 is 5.97 Å². The Hall–Kier alpha value is -4.63. The zero-order chi connectivity index (χ0) is 31.1. The fraction of sp³-hybridized carbons (Fsp3) is 0.200. The van der Waals surface area contributed by atoms with Gasteiger partial charge in [0, 0.05) is 38.5 Å². The van der Waals surface area contributed by atoms with E-state index in [1.165, 1.54) is 4.90 Å². The molecular weight excluding hydrogens is 580 g/mol. The highest BCUT2D eigenvalue weighted by molar-refractivity contribution is 6.30. The lowest BCUT2D eigenvalue weighted by atomic mass is 9.90. The Kier molecular flexibility index (Phi) is 7.90. The first kappa shape index (κ1) is 29.4. The minimum atomic E-state index is -0.994. The molecule has 1 aliphatic rings. The topological polar surface area (TPSA) is 112 Å². The zero-order valence-electron chi connectivity index (χ0n) is 24.1. The number of hydrogen-bond donors (Lipinski definition) is 3. The Bertz CT molecular complexity index is 1840. The summed E-state index contributed by atoms with van der Waals surface area (Å²) >= 11 is 6.04. The largest absolute Gasteiger partial charge is 0.497 e. The summed E-state index contributed by atoms with van der Waals surface area (Å²) in [5, 5.41) is 33.3. The minimum absolute atomic E-state index is 0.279. The number of aliphatic hydroxyl groups is 2. The van der Waals surface area contributed by atoms with E-state index in [4.69, 9.17) is 16.3 Å². The second-order valence-corrected chi connectivity index (χ2v) is 11.3. The summed E-state index contributed by atoms with van der Waals surface area (Å²) in [6.07, 6.45) is -1.22. The molecule has 0 spiro atoms. The molecule has 1 aliphatic heterocycles. The Morgan fingerprint density at radius 2 is 1.55 bits per heavy atom. The molecule has 0 aliphatic carbocycles. The molecule has 1 aromatic heterocycles. The van der Waals surface area contributed by atoms with E-state index in [0.717, 1.165) is 5.56 Å². The average molecular weight is 611 g/mol. The van der Waals surface area contributed by atoms with E-state index in [2.05, 4.69) is 0 Å². The molecule has 6 rings (SSSR count). The number of carbonyl (C=O) groups is 2. The van der Waals surface area contributed by atoms with Gasteiger partial charge in [-0.1, -0.05) is 48.0 Å². The predicted molar refractivity (Wildman–Crippen MR) is 168 cm³/mol. The Morgan fingerprint density at radius 3 is 2.14 bits per heavy atom. The molecule has 8 nitrogen and oxygen atoms in total. The molecule has 0 amide bonds. The van der Waals surface area contributed by atoms with Gasteiger partial charge in [-0.15, -0.1) is 0 Å². The molecule has 5 aromatic rings. The summed E-state index contributed by atoms with van der Waals surface area (Å²) < 4.78 is 7.01. The molecule has 0 bridgehead atoms. The van der Waals surface area contributed by atoms with E-state index in [1.54, 1.807) is 73.2 Å². The highest BCUT2D eigenvalue weighted by Crippen LogP contribution is 2.42. The maximum Gasteiger partial charge on any atom is 0.311 e. The number of ether oxygens (including phenoxy) is 1. The van der Waals surface area contributed by atoms with E-state index in [9.17, 15) is 24.9 Å². The number of benzene rings is 4. The molecule has 0 fully saturated rings. The van der Waals surface area contributed by atoms with Crippen LogP contribution in [0, 0.1) is 6.92 Å². The van der Waals surface area contributed by atoms with Gasteiger partial charge in [0.2, 0.25) is 0 Å². The van der Waals surface area contributed by atoms with Crippen LogP contribution in [0.25, 0.3) is 10.9 Å². The van der Waals surface area contributed by atoms with Gasteiger partial charge in [0.15, 0.2) is 12.5 Å². The van der Waals surface area contributed by atoms with Crippen molar-refractivity contribution in [2.75, 3.05) is 12.0 Å². The number of halogens is 1. The number of rotatable bonds is 8. The molecule has 0 saturated heterocycles. The van der Waals surface area contributed by atoms with Crippen LogP contribution in [0.4, 0.5) is 5.69 Å². The highest BCUT2D eigenvalue weighted by Gasteiger charge is 2.36. The summed E-state index contributed by atoms with van der Waals surface area (Å²) in [6.45, 7) is 1.77. The second kappa shape index (κ2) is 11.8. The Labute approximate surface area is 259 Å². The molecule has 0 saturated carbocycles. The normalized spacial score (nSPS) is 16.6. The second-order valence-electron chi connectivity index (χ2n) is 10.9. The minimum Gasteiger partial charge on any atom is -0.497 e. The van der Waals surface area contributed by atoms with Crippen molar-refractivity contribution in [3.8, 4) is 5.75 Å². The van der Waals surface area contributed by atoms with Crippen LogP contribution >= 0.6 is 11.6 Å². The highest BCUT2D eigenvalue weighted by atomic mass is 35.5. The first-order valence-corrected chi connectivity index (χ1v) is 14.6. The monoisotopic (exact) mass is 610 g/mol. The lowest BCUT2D eigenvalue weighted by Crippen LogP contribution is -2.25. The molecule has 3 atom stereocenters. The number of aliphatic hydroxyl groups excluding tert-OH is 2. The average Bonchev–Trinajstić information content (AvgIpc) is 3.46. The first-order valence-electron chi connectivity index (χ1n) is 14.2. The number of methoxy groups -OCH3 is 1. The van der Waals surface area contributed by atoms with E-state index in [0.29, 0.717) is 61.7 Å². The molecular formula is C35H31ClN2O6. The van der Waals surface area contributed by atoms with Crippen molar-refractivity contribution in [2.45, 2.75) is 38.1 Å². The fourth-order valence-electron chi connectivity index (χ4n) is 6.21. The zero-order valence-corrected chi connectivity index (χ0v) is 24.9. The molecule has 3 N–H and O–H groups in total. The quantitative estimate of drug-likeness (QED) is 0.181. The van der Waals surface area contributed by atoms with E-state index in [-0.39, 0.29) is 12.3 Å². The van der Waals surface area contributed by atoms with Crippen molar-refractivity contribution < 1.29 is 29.6 Å². The van der Waals surface area contributed by atoms with Crippen LogP contribution in [0.2, 0.25) is 5.02 Å². The number of carboxylic acid groups (broad SMARTS) is 1. The van der Waals surface area contributed by atoms with Crippen LogP contribution in [-0.2, 0) is 11.2 Å². The number of carbonyl (C=O) groups excluding carboxylic acids is 1. The van der Waals surface area contributed by atoms with Crippen LogP contribution in [0.15, 0.2) is 91.0 Å². The summed E-state index contributed by atoms with van der Waals surface area (Å²) in [6, 6.07) is 26.5. The van der Waals surface area contributed by atoms with Gasteiger partial charge in [-0.05, 0) is 85.5 Å². The third-order valence-corrected chi connectivity index (χ3v) is 8.69. The molecule has 0 radical (unpaired) electrons. The lowest BCUT2D eigenvalue weighted by molar-refractivity contribution is -0.138. The number of nitrogens with zero attached hydrogens (tertiary/aromatic N) is 2. The van der Waals surface area contributed by atoms with Crippen LogP contribution in [0.1, 0.15) is 63.1 Å².